The van der Waals surface area contributed by atoms with E-state index >= 15 is 0 Å². The van der Waals surface area contributed by atoms with Gasteiger partial charge in [0.05, 0.1) is 14.2 Å². The van der Waals surface area contributed by atoms with Crippen molar-refractivity contribution < 1.29 is 24.1 Å². The summed E-state index contributed by atoms with van der Waals surface area (Å²) in [6.45, 7) is 1.17. The van der Waals surface area contributed by atoms with E-state index in [0.29, 0.717) is 29.4 Å². The van der Waals surface area contributed by atoms with E-state index < -0.39 is 5.97 Å². The number of carbonyl (C=O) groups is 1. The van der Waals surface area contributed by atoms with Gasteiger partial charge in [0.15, 0.2) is 11.5 Å². The Morgan fingerprint density at radius 3 is 2.48 bits per heavy atom. The zero-order valence-corrected chi connectivity index (χ0v) is 12.8. The van der Waals surface area contributed by atoms with Gasteiger partial charge in [0.1, 0.15) is 6.61 Å². The standard InChI is InChI=1S/C15H21NO5/c1-16(2)9-10-21-14-11(6-8-13(17)18)5-7-12(19-3)15(14)20-4/h5-8H,9-10H2,1-4H3,(H,17,18)/b8-6+. The first-order chi connectivity index (χ1) is 9.99. The molecule has 0 atom stereocenters. The Morgan fingerprint density at radius 1 is 1.24 bits per heavy atom. The van der Waals surface area contributed by atoms with Crippen LogP contribution in [-0.2, 0) is 4.79 Å². The van der Waals surface area contributed by atoms with Gasteiger partial charge in [-0.2, -0.15) is 0 Å². The summed E-state index contributed by atoms with van der Waals surface area (Å²) in [5.41, 5.74) is 0.619. The molecule has 21 heavy (non-hydrogen) atoms. The van der Waals surface area contributed by atoms with Crippen molar-refractivity contribution in [2.75, 3.05) is 41.5 Å². The van der Waals surface area contributed by atoms with Crippen LogP contribution >= 0.6 is 0 Å². The number of methoxy groups -OCH3 is 2. The van der Waals surface area contributed by atoms with E-state index in [2.05, 4.69) is 0 Å². The van der Waals surface area contributed by atoms with Crippen LogP contribution in [0.25, 0.3) is 6.08 Å². The minimum absolute atomic E-state index is 0.448. The van der Waals surface area contributed by atoms with Crippen LogP contribution < -0.4 is 14.2 Å². The molecule has 0 aliphatic rings. The summed E-state index contributed by atoms with van der Waals surface area (Å²) in [6, 6.07) is 3.44. The number of benzene rings is 1. The molecule has 0 fully saturated rings. The number of rotatable bonds is 8. The third kappa shape index (κ3) is 5.00. The van der Waals surface area contributed by atoms with E-state index in [4.69, 9.17) is 19.3 Å². The number of hydrogen-bond donors (Lipinski definition) is 1. The molecule has 0 saturated carbocycles. The lowest BCUT2D eigenvalue weighted by atomic mass is 10.1. The number of hydrogen-bond acceptors (Lipinski definition) is 5. The fourth-order valence-corrected chi connectivity index (χ4v) is 1.69. The molecule has 1 aromatic rings. The summed E-state index contributed by atoms with van der Waals surface area (Å²) >= 11 is 0. The fourth-order valence-electron chi connectivity index (χ4n) is 1.69. The second-order valence-corrected chi connectivity index (χ2v) is 4.54. The maximum atomic E-state index is 10.7. The summed E-state index contributed by atoms with van der Waals surface area (Å²) in [5, 5.41) is 8.75. The van der Waals surface area contributed by atoms with Gasteiger partial charge in [-0.05, 0) is 32.3 Å². The Balaban J connectivity index is 3.13. The quantitative estimate of drug-likeness (QED) is 0.737. The van der Waals surface area contributed by atoms with Crippen molar-refractivity contribution in [3.63, 3.8) is 0 Å². The molecule has 0 aromatic heterocycles. The third-order valence-electron chi connectivity index (χ3n) is 2.72. The lowest BCUT2D eigenvalue weighted by Crippen LogP contribution is -2.19. The highest BCUT2D eigenvalue weighted by Gasteiger charge is 2.15. The van der Waals surface area contributed by atoms with Crippen molar-refractivity contribution in [3.8, 4) is 17.2 Å². The van der Waals surface area contributed by atoms with Crippen LogP contribution in [0, 0.1) is 0 Å². The molecule has 1 N–H and O–H groups in total. The Labute approximate surface area is 124 Å². The minimum Gasteiger partial charge on any atom is -0.493 e. The third-order valence-corrected chi connectivity index (χ3v) is 2.72. The lowest BCUT2D eigenvalue weighted by molar-refractivity contribution is -0.131. The molecule has 0 radical (unpaired) electrons. The largest absolute Gasteiger partial charge is 0.493 e. The highest BCUT2D eigenvalue weighted by molar-refractivity contribution is 5.86. The average molecular weight is 295 g/mol. The SMILES string of the molecule is COc1ccc(/C=C/C(=O)O)c(OCCN(C)C)c1OC. The van der Waals surface area contributed by atoms with Gasteiger partial charge in [-0.1, -0.05) is 0 Å². The topological polar surface area (TPSA) is 68.2 Å². The monoisotopic (exact) mass is 295 g/mol. The molecule has 0 heterocycles. The van der Waals surface area contributed by atoms with Crippen LogP contribution in [-0.4, -0.2) is 57.4 Å². The predicted octanol–water partition coefficient (Wildman–Crippen LogP) is 1.74. The second-order valence-electron chi connectivity index (χ2n) is 4.54. The first-order valence-corrected chi connectivity index (χ1v) is 6.43. The van der Waals surface area contributed by atoms with Gasteiger partial charge in [-0.15, -0.1) is 0 Å². The van der Waals surface area contributed by atoms with Crippen molar-refractivity contribution in [1.29, 1.82) is 0 Å². The molecule has 0 unspecified atom stereocenters. The molecule has 116 valence electrons. The Bertz CT molecular complexity index is 511. The zero-order valence-electron chi connectivity index (χ0n) is 12.8. The molecular weight excluding hydrogens is 274 g/mol. The molecule has 1 aromatic carbocycles. The van der Waals surface area contributed by atoms with E-state index in [1.54, 1.807) is 12.1 Å². The number of likely N-dealkylation sites (N-methyl/N-ethyl adjacent to an activating group) is 1. The van der Waals surface area contributed by atoms with Gasteiger partial charge < -0.3 is 24.2 Å². The van der Waals surface area contributed by atoms with Crippen LogP contribution in [0.3, 0.4) is 0 Å². The van der Waals surface area contributed by atoms with Gasteiger partial charge in [0, 0.05) is 18.2 Å². The molecule has 6 nitrogen and oxygen atoms in total. The zero-order chi connectivity index (χ0) is 15.8. The molecule has 0 saturated heterocycles. The van der Waals surface area contributed by atoms with Crippen molar-refractivity contribution in [1.82, 2.24) is 4.90 Å². The Kier molecular flexibility index (Phi) is 6.55. The molecule has 6 heteroatoms. The van der Waals surface area contributed by atoms with E-state index in [1.807, 2.05) is 19.0 Å². The summed E-state index contributed by atoms with van der Waals surface area (Å²) in [5.74, 6) is 0.425. The molecule has 0 bridgehead atoms. The van der Waals surface area contributed by atoms with Crippen LogP contribution in [0.5, 0.6) is 17.2 Å². The summed E-state index contributed by atoms with van der Waals surface area (Å²) in [6.07, 6.45) is 2.52. The molecular formula is C15H21NO5. The van der Waals surface area contributed by atoms with Crippen LogP contribution in [0.15, 0.2) is 18.2 Å². The maximum Gasteiger partial charge on any atom is 0.328 e. The van der Waals surface area contributed by atoms with E-state index in [0.717, 1.165) is 12.6 Å². The highest BCUT2D eigenvalue weighted by atomic mass is 16.5. The van der Waals surface area contributed by atoms with Gasteiger partial charge in [-0.3, -0.25) is 0 Å². The maximum absolute atomic E-state index is 10.7. The Morgan fingerprint density at radius 2 is 1.95 bits per heavy atom. The van der Waals surface area contributed by atoms with E-state index in [1.165, 1.54) is 20.3 Å². The molecule has 0 amide bonds. The number of carboxylic acids is 1. The summed E-state index contributed by atoms with van der Waals surface area (Å²) in [4.78, 5) is 12.7. The van der Waals surface area contributed by atoms with Gasteiger partial charge in [-0.25, -0.2) is 4.79 Å². The van der Waals surface area contributed by atoms with Gasteiger partial charge in [0.2, 0.25) is 5.75 Å². The lowest BCUT2D eigenvalue weighted by Gasteiger charge is -2.17. The minimum atomic E-state index is -1.02. The molecule has 0 aliphatic heterocycles. The normalized spacial score (nSPS) is 10.9. The average Bonchev–Trinajstić information content (AvgIpc) is 2.44. The van der Waals surface area contributed by atoms with E-state index in [-0.39, 0.29) is 0 Å². The van der Waals surface area contributed by atoms with Gasteiger partial charge in [0.25, 0.3) is 0 Å². The molecule has 0 spiro atoms. The van der Waals surface area contributed by atoms with Crippen LogP contribution in [0.1, 0.15) is 5.56 Å². The van der Waals surface area contributed by atoms with Crippen LogP contribution in [0.4, 0.5) is 0 Å². The van der Waals surface area contributed by atoms with Crippen molar-refractivity contribution in [2.24, 2.45) is 0 Å². The van der Waals surface area contributed by atoms with Crippen molar-refractivity contribution in [3.05, 3.63) is 23.8 Å². The molecule has 0 aliphatic carbocycles. The summed E-state index contributed by atoms with van der Waals surface area (Å²) in [7, 11) is 6.93. The van der Waals surface area contributed by atoms with Crippen molar-refractivity contribution in [2.45, 2.75) is 0 Å². The van der Waals surface area contributed by atoms with Crippen LogP contribution in [0.2, 0.25) is 0 Å². The van der Waals surface area contributed by atoms with E-state index in [9.17, 15) is 4.79 Å². The second kappa shape index (κ2) is 8.16. The highest BCUT2D eigenvalue weighted by Crippen LogP contribution is 2.40. The molecule has 1 rings (SSSR count). The number of nitrogens with zero attached hydrogens (tertiary/aromatic N) is 1. The first kappa shape index (κ1) is 16.8. The number of aliphatic carboxylic acids is 1. The summed E-state index contributed by atoms with van der Waals surface area (Å²) < 4.78 is 16.3. The van der Waals surface area contributed by atoms with Gasteiger partial charge >= 0.3 is 5.97 Å². The predicted molar refractivity (Wildman–Crippen MR) is 80.3 cm³/mol. The fraction of sp³-hybridized carbons (Fsp3) is 0.400. The first-order valence-electron chi connectivity index (χ1n) is 6.43. The number of ether oxygens (including phenoxy) is 3. The smallest absolute Gasteiger partial charge is 0.328 e. The number of carboxylic acid groups (broad SMARTS) is 1. The Hall–Kier alpha value is -2.21. The van der Waals surface area contributed by atoms with Crippen molar-refractivity contribution >= 4 is 12.0 Å².